The van der Waals surface area contributed by atoms with Gasteiger partial charge >= 0.3 is 0 Å². The van der Waals surface area contributed by atoms with Crippen LogP contribution in [0.2, 0.25) is 0 Å². The van der Waals surface area contributed by atoms with Gasteiger partial charge in [-0.25, -0.2) is 4.31 Å². The molecule has 17 heavy (non-hydrogen) atoms. The third-order valence-electron chi connectivity index (χ3n) is 2.89. The van der Waals surface area contributed by atoms with Gasteiger partial charge in [-0.2, -0.15) is 0 Å². The first-order chi connectivity index (χ1) is 8.40. The van der Waals surface area contributed by atoms with E-state index in [9.17, 15) is 0 Å². The van der Waals surface area contributed by atoms with Crippen LogP contribution < -0.4 is 0 Å². The zero-order valence-electron chi connectivity index (χ0n) is 10.5. The van der Waals surface area contributed by atoms with E-state index < -0.39 is 0 Å². The van der Waals surface area contributed by atoms with Crippen molar-refractivity contribution in [3.63, 3.8) is 0 Å². The molecule has 1 fully saturated rings. The second-order valence-electron chi connectivity index (χ2n) is 4.34. The fourth-order valence-electron chi connectivity index (χ4n) is 2.00. The number of benzene rings is 1. The van der Waals surface area contributed by atoms with E-state index in [0.29, 0.717) is 0 Å². The largest absolute Gasteiger partial charge is 0.372 e. The summed E-state index contributed by atoms with van der Waals surface area (Å²) in [5.74, 6) is 1.21. The highest BCUT2D eigenvalue weighted by atomic mass is 32.2. The van der Waals surface area contributed by atoms with E-state index in [1.807, 2.05) is 11.9 Å². The molecule has 0 bridgehead atoms. The van der Waals surface area contributed by atoms with Crippen LogP contribution in [0.15, 0.2) is 30.3 Å². The van der Waals surface area contributed by atoms with Gasteiger partial charge in [-0.3, -0.25) is 0 Å². The maximum absolute atomic E-state index is 5.94. The number of hydrogen-bond acceptors (Lipinski definition) is 3. The molecule has 0 aliphatic carbocycles. The van der Waals surface area contributed by atoms with Gasteiger partial charge < -0.3 is 4.74 Å². The van der Waals surface area contributed by atoms with Crippen molar-refractivity contribution in [1.29, 1.82) is 0 Å². The number of hydrogen-bond donors (Lipinski definition) is 0. The average molecular weight is 251 g/mol. The quantitative estimate of drug-likeness (QED) is 0.760. The topological polar surface area (TPSA) is 12.5 Å². The van der Waals surface area contributed by atoms with Gasteiger partial charge in [0.15, 0.2) is 0 Å². The Labute approximate surface area is 108 Å². The Hall–Kier alpha value is -0.510. The Morgan fingerprint density at radius 1 is 1.35 bits per heavy atom. The molecule has 1 unspecified atom stereocenters. The van der Waals surface area contributed by atoms with Gasteiger partial charge in [0, 0.05) is 25.4 Å². The molecule has 0 amide bonds. The van der Waals surface area contributed by atoms with Gasteiger partial charge in [0.2, 0.25) is 0 Å². The Kier molecular flexibility index (Phi) is 5.36. The van der Waals surface area contributed by atoms with Gasteiger partial charge in [0.1, 0.15) is 0 Å². The Bertz CT molecular complexity index is 317. The summed E-state index contributed by atoms with van der Waals surface area (Å²) in [4.78, 5) is 0. The number of ether oxygens (including phenoxy) is 1. The summed E-state index contributed by atoms with van der Waals surface area (Å²) in [6, 6.07) is 10.6. The van der Waals surface area contributed by atoms with Crippen molar-refractivity contribution >= 4 is 11.9 Å². The van der Waals surface area contributed by atoms with Gasteiger partial charge in [-0.1, -0.05) is 49.2 Å². The molecule has 0 spiro atoms. The number of nitrogens with zero attached hydrogens (tertiary/aromatic N) is 1. The van der Waals surface area contributed by atoms with Crippen LogP contribution in [0.4, 0.5) is 0 Å². The summed E-state index contributed by atoms with van der Waals surface area (Å²) in [7, 11) is 0. The van der Waals surface area contributed by atoms with E-state index in [1.54, 1.807) is 0 Å². The molecule has 1 saturated heterocycles. The normalized spacial score (nSPS) is 22.3. The highest BCUT2D eigenvalue weighted by Gasteiger charge is 2.19. The molecular formula is C14H21NOS. The van der Waals surface area contributed by atoms with Gasteiger partial charge in [0.25, 0.3) is 0 Å². The second-order valence-corrected chi connectivity index (χ2v) is 5.53. The standard InChI is InChI=1S/C14H21NOS/c1-2-11-17-15-9-6-10-16-14(12-15)13-7-4-3-5-8-13/h3-5,7-8,14H,2,6,9-12H2,1H3. The minimum absolute atomic E-state index is 0.239. The zero-order valence-corrected chi connectivity index (χ0v) is 11.3. The highest BCUT2D eigenvalue weighted by molar-refractivity contribution is 7.97. The molecule has 1 aromatic carbocycles. The first-order valence-corrected chi connectivity index (χ1v) is 7.39. The predicted molar refractivity (Wildman–Crippen MR) is 74.1 cm³/mol. The molecule has 0 saturated carbocycles. The van der Waals surface area contributed by atoms with Crippen LogP contribution in [0.1, 0.15) is 31.4 Å². The van der Waals surface area contributed by atoms with E-state index in [1.165, 1.54) is 17.7 Å². The first-order valence-electron chi connectivity index (χ1n) is 6.44. The van der Waals surface area contributed by atoms with E-state index in [0.717, 1.165) is 26.1 Å². The minimum Gasteiger partial charge on any atom is -0.372 e. The highest BCUT2D eigenvalue weighted by Crippen LogP contribution is 2.25. The summed E-state index contributed by atoms with van der Waals surface area (Å²) in [5, 5.41) is 0. The lowest BCUT2D eigenvalue weighted by molar-refractivity contribution is 0.0621. The van der Waals surface area contributed by atoms with Gasteiger partial charge in [-0.15, -0.1) is 0 Å². The van der Waals surface area contributed by atoms with Crippen LogP contribution in [0.5, 0.6) is 0 Å². The molecule has 2 nitrogen and oxygen atoms in total. The van der Waals surface area contributed by atoms with Crippen LogP contribution in [-0.2, 0) is 4.74 Å². The zero-order chi connectivity index (χ0) is 11.9. The molecule has 94 valence electrons. The lowest BCUT2D eigenvalue weighted by Gasteiger charge is -2.22. The predicted octanol–water partition coefficient (Wildman–Crippen LogP) is 3.51. The van der Waals surface area contributed by atoms with E-state index in [2.05, 4.69) is 41.6 Å². The number of rotatable bonds is 4. The van der Waals surface area contributed by atoms with Crippen molar-refractivity contribution in [3.8, 4) is 0 Å². The lowest BCUT2D eigenvalue weighted by Crippen LogP contribution is -2.22. The molecule has 2 rings (SSSR count). The van der Waals surface area contributed by atoms with Crippen molar-refractivity contribution in [2.45, 2.75) is 25.9 Å². The SMILES string of the molecule is CCCSN1CCCOC(c2ccccc2)C1. The van der Waals surface area contributed by atoms with Gasteiger partial charge in [-0.05, 0) is 18.4 Å². The Morgan fingerprint density at radius 2 is 2.18 bits per heavy atom. The Morgan fingerprint density at radius 3 is 2.94 bits per heavy atom. The maximum atomic E-state index is 5.94. The fraction of sp³-hybridized carbons (Fsp3) is 0.571. The molecule has 0 N–H and O–H groups in total. The van der Waals surface area contributed by atoms with Crippen LogP contribution in [-0.4, -0.2) is 29.8 Å². The van der Waals surface area contributed by atoms with Crippen molar-refractivity contribution in [2.24, 2.45) is 0 Å². The summed E-state index contributed by atoms with van der Waals surface area (Å²) in [6.45, 7) is 5.27. The maximum Gasteiger partial charge on any atom is 0.0961 e. The third kappa shape index (κ3) is 4.02. The minimum atomic E-state index is 0.239. The molecule has 1 aliphatic heterocycles. The van der Waals surface area contributed by atoms with E-state index in [4.69, 9.17) is 4.74 Å². The lowest BCUT2D eigenvalue weighted by atomic mass is 10.1. The molecule has 0 radical (unpaired) electrons. The molecule has 1 aromatic rings. The van der Waals surface area contributed by atoms with Crippen LogP contribution in [0.3, 0.4) is 0 Å². The molecule has 1 aliphatic rings. The summed E-state index contributed by atoms with van der Waals surface area (Å²) in [6.07, 6.45) is 2.61. The van der Waals surface area contributed by atoms with Crippen molar-refractivity contribution in [3.05, 3.63) is 35.9 Å². The average Bonchev–Trinajstić information content (AvgIpc) is 2.63. The van der Waals surface area contributed by atoms with E-state index in [-0.39, 0.29) is 6.10 Å². The smallest absolute Gasteiger partial charge is 0.0961 e. The monoisotopic (exact) mass is 251 g/mol. The first kappa shape index (κ1) is 12.9. The summed E-state index contributed by atoms with van der Waals surface area (Å²) >= 11 is 1.96. The Balaban J connectivity index is 1.97. The van der Waals surface area contributed by atoms with Crippen molar-refractivity contribution in [2.75, 3.05) is 25.4 Å². The van der Waals surface area contributed by atoms with Crippen molar-refractivity contribution in [1.82, 2.24) is 4.31 Å². The summed E-state index contributed by atoms with van der Waals surface area (Å²) in [5.41, 5.74) is 1.30. The third-order valence-corrected chi connectivity index (χ3v) is 4.18. The van der Waals surface area contributed by atoms with E-state index >= 15 is 0 Å². The molecule has 1 heterocycles. The van der Waals surface area contributed by atoms with Crippen molar-refractivity contribution < 1.29 is 4.74 Å². The summed E-state index contributed by atoms with van der Waals surface area (Å²) < 4.78 is 8.41. The molecule has 1 atom stereocenters. The van der Waals surface area contributed by atoms with Crippen LogP contribution in [0, 0.1) is 0 Å². The second kappa shape index (κ2) is 7.04. The van der Waals surface area contributed by atoms with Crippen LogP contribution >= 0.6 is 11.9 Å². The molecule has 3 heteroatoms. The molecule has 0 aromatic heterocycles. The van der Waals surface area contributed by atoms with Gasteiger partial charge in [0.05, 0.1) is 6.10 Å². The van der Waals surface area contributed by atoms with Crippen LogP contribution in [0.25, 0.3) is 0 Å². The molecular weight excluding hydrogens is 230 g/mol. The fourth-order valence-corrected chi connectivity index (χ4v) is 2.94.